The van der Waals surface area contributed by atoms with Gasteiger partial charge < -0.3 is 10.1 Å². The van der Waals surface area contributed by atoms with Crippen LogP contribution in [0.5, 0.6) is 0 Å². The average Bonchev–Trinajstić information content (AvgIpc) is 2.34. The summed E-state index contributed by atoms with van der Waals surface area (Å²) in [6, 6.07) is 0.0317. The van der Waals surface area contributed by atoms with Crippen LogP contribution in [-0.2, 0) is 14.8 Å². The molecule has 5 nitrogen and oxygen atoms in total. The van der Waals surface area contributed by atoms with Gasteiger partial charge in [-0.25, -0.2) is 8.42 Å². The van der Waals surface area contributed by atoms with Crippen molar-refractivity contribution in [1.29, 1.82) is 0 Å². The molecule has 0 aliphatic rings. The number of hydrogen-bond acceptors (Lipinski definition) is 4. The maximum absolute atomic E-state index is 12.2. The molecule has 1 unspecified atom stereocenters. The lowest BCUT2D eigenvalue weighted by Crippen LogP contribution is -2.42. The summed E-state index contributed by atoms with van der Waals surface area (Å²) in [5, 5.41) is 3.14. The van der Waals surface area contributed by atoms with E-state index in [0.29, 0.717) is 19.6 Å². The monoisotopic (exact) mass is 280 g/mol. The summed E-state index contributed by atoms with van der Waals surface area (Å²) in [5.41, 5.74) is 0. The van der Waals surface area contributed by atoms with Crippen LogP contribution in [0.4, 0.5) is 0 Å². The molecule has 0 radical (unpaired) electrons. The molecule has 18 heavy (non-hydrogen) atoms. The van der Waals surface area contributed by atoms with Gasteiger partial charge in [-0.15, -0.1) is 0 Å². The SMILES string of the molecule is CCNCCCS(=O)(=O)N(CCOC)C(C)CC. The fourth-order valence-electron chi connectivity index (χ4n) is 1.69. The molecule has 0 saturated heterocycles. The first-order valence-electron chi connectivity index (χ1n) is 6.68. The predicted molar refractivity (Wildman–Crippen MR) is 75.3 cm³/mol. The molecule has 1 atom stereocenters. The number of rotatable bonds is 11. The van der Waals surface area contributed by atoms with Crippen molar-refractivity contribution in [2.75, 3.05) is 39.1 Å². The number of nitrogens with zero attached hydrogens (tertiary/aromatic N) is 1. The highest BCUT2D eigenvalue weighted by Gasteiger charge is 2.25. The zero-order chi connectivity index (χ0) is 14.0. The Kier molecular flexibility index (Phi) is 9.63. The minimum absolute atomic E-state index is 0.0317. The zero-order valence-electron chi connectivity index (χ0n) is 12.1. The number of methoxy groups -OCH3 is 1. The van der Waals surface area contributed by atoms with Crippen molar-refractivity contribution >= 4 is 10.0 Å². The number of sulfonamides is 1. The van der Waals surface area contributed by atoms with Crippen molar-refractivity contribution in [3.05, 3.63) is 0 Å². The molecule has 0 fully saturated rings. The molecule has 0 aromatic carbocycles. The van der Waals surface area contributed by atoms with Gasteiger partial charge in [0, 0.05) is 19.7 Å². The number of hydrogen-bond donors (Lipinski definition) is 1. The standard InChI is InChI=1S/C12H28N2O3S/c1-5-12(3)14(9-10-17-4)18(15,16)11-7-8-13-6-2/h12-13H,5-11H2,1-4H3. The number of ether oxygens (including phenoxy) is 1. The van der Waals surface area contributed by atoms with Gasteiger partial charge in [0.1, 0.15) is 0 Å². The highest BCUT2D eigenvalue weighted by Crippen LogP contribution is 2.11. The molecule has 0 aromatic rings. The Balaban J connectivity index is 4.44. The van der Waals surface area contributed by atoms with Crippen LogP contribution in [0.1, 0.15) is 33.6 Å². The van der Waals surface area contributed by atoms with Gasteiger partial charge in [0.25, 0.3) is 0 Å². The average molecular weight is 280 g/mol. The van der Waals surface area contributed by atoms with Gasteiger partial charge in [0.2, 0.25) is 10.0 Å². The predicted octanol–water partition coefficient (Wildman–Crippen LogP) is 1.06. The van der Waals surface area contributed by atoms with E-state index in [0.717, 1.165) is 19.5 Å². The van der Waals surface area contributed by atoms with E-state index in [-0.39, 0.29) is 11.8 Å². The van der Waals surface area contributed by atoms with Gasteiger partial charge >= 0.3 is 0 Å². The topological polar surface area (TPSA) is 58.6 Å². The van der Waals surface area contributed by atoms with E-state index >= 15 is 0 Å². The third kappa shape index (κ3) is 6.68. The zero-order valence-corrected chi connectivity index (χ0v) is 12.9. The fourth-order valence-corrected chi connectivity index (χ4v) is 3.49. The lowest BCUT2D eigenvalue weighted by atomic mass is 10.3. The summed E-state index contributed by atoms with van der Waals surface area (Å²) < 4.78 is 31.0. The molecule has 0 amide bonds. The molecule has 0 saturated carbocycles. The lowest BCUT2D eigenvalue weighted by molar-refractivity contribution is 0.167. The van der Waals surface area contributed by atoms with Crippen molar-refractivity contribution in [1.82, 2.24) is 9.62 Å². The first kappa shape index (κ1) is 17.8. The third-order valence-corrected chi connectivity index (χ3v) is 5.02. The Morgan fingerprint density at radius 2 is 2.00 bits per heavy atom. The van der Waals surface area contributed by atoms with Gasteiger partial charge in [-0.05, 0) is 32.9 Å². The third-order valence-electron chi connectivity index (χ3n) is 2.96. The maximum Gasteiger partial charge on any atom is 0.214 e. The summed E-state index contributed by atoms with van der Waals surface area (Å²) in [7, 11) is -1.58. The van der Waals surface area contributed by atoms with E-state index < -0.39 is 10.0 Å². The second-order valence-electron chi connectivity index (χ2n) is 4.38. The van der Waals surface area contributed by atoms with Crippen LogP contribution in [0.3, 0.4) is 0 Å². The molecular formula is C12H28N2O3S. The number of nitrogens with one attached hydrogen (secondary N) is 1. The Morgan fingerprint density at radius 3 is 2.50 bits per heavy atom. The highest BCUT2D eigenvalue weighted by atomic mass is 32.2. The quantitative estimate of drug-likeness (QED) is 0.575. The Bertz CT molecular complexity index is 294. The summed E-state index contributed by atoms with van der Waals surface area (Å²) in [4.78, 5) is 0. The Labute approximate surface area is 112 Å². The van der Waals surface area contributed by atoms with Crippen LogP contribution in [-0.4, -0.2) is 57.9 Å². The largest absolute Gasteiger partial charge is 0.383 e. The molecule has 110 valence electrons. The van der Waals surface area contributed by atoms with E-state index in [4.69, 9.17) is 4.74 Å². The van der Waals surface area contributed by atoms with Crippen LogP contribution in [0.15, 0.2) is 0 Å². The van der Waals surface area contributed by atoms with Crippen molar-refractivity contribution < 1.29 is 13.2 Å². The van der Waals surface area contributed by atoms with Gasteiger partial charge in [-0.3, -0.25) is 0 Å². The second-order valence-corrected chi connectivity index (χ2v) is 6.42. The molecule has 0 spiro atoms. The summed E-state index contributed by atoms with van der Waals surface area (Å²) in [6.45, 7) is 8.45. The normalized spacial score (nSPS) is 14.1. The van der Waals surface area contributed by atoms with Crippen LogP contribution in [0.2, 0.25) is 0 Å². The van der Waals surface area contributed by atoms with E-state index in [1.165, 1.54) is 0 Å². The van der Waals surface area contributed by atoms with Gasteiger partial charge in [0.15, 0.2) is 0 Å². The molecule has 6 heteroatoms. The first-order chi connectivity index (χ1) is 8.49. The molecule has 0 heterocycles. The van der Waals surface area contributed by atoms with Crippen molar-refractivity contribution in [3.8, 4) is 0 Å². The Hall–Kier alpha value is -0.170. The fraction of sp³-hybridized carbons (Fsp3) is 1.00. The van der Waals surface area contributed by atoms with E-state index in [9.17, 15) is 8.42 Å². The van der Waals surface area contributed by atoms with E-state index in [1.807, 2.05) is 20.8 Å². The van der Waals surface area contributed by atoms with Crippen LogP contribution in [0, 0.1) is 0 Å². The highest BCUT2D eigenvalue weighted by molar-refractivity contribution is 7.89. The van der Waals surface area contributed by atoms with Crippen LogP contribution in [0.25, 0.3) is 0 Å². The molecule has 0 rings (SSSR count). The second kappa shape index (κ2) is 9.72. The molecule has 0 bridgehead atoms. The van der Waals surface area contributed by atoms with Crippen molar-refractivity contribution in [2.24, 2.45) is 0 Å². The molecule has 0 aromatic heterocycles. The van der Waals surface area contributed by atoms with Crippen molar-refractivity contribution in [3.63, 3.8) is 0 Å². The maximum atomic E-state index is 12.2. The summed E-state index contributed by atoms with van der Waals surface area (Å²) in [5.74, 6) is 0.202. The van der Waals surface area contributed by atoms with Gasteiger partial charge in [-0.1, -0.05) is 13.8 Å². The summed E-state index contributed by atoms with van der Waals surface area (Å²) in [6.07, 6.45) is 1.46. The van der Waals surface area contributed by atoms with Gasteiger partial charge in [-0.2, -0.15) is 4.31 Å². The van der Waals surface area contributed by atoms with E-state index in [1.54, 1.807) is 11.4 Å². The smallest absolute Gasteiger partial charge is 0.214 e. The van der Waals surface area contributed by atoms with Crippen LogP contribution < -0.4 is 5.32 Å². The molecule has 0 aliphatic heterocycles. The van der Waals surface area contributed by atoms with Gasteiger partial charge in [0.05, 0.1) is 12.4 Å². The van der Waals surface area contributed by atoms with Crippen LogP contribution >= 0.6 is 0 Å². The minimum Gasteiger partial charge on any atom is -0.383 e. The van der Waals surface area contributed by atoms with Crippen molar-refractivity contribution in [2.45, 2.75) is 39.7 Å². The first-order valence-corrected chi connectivity index (χ1v) is 8.29. The molecule has 1 N–H and O–H groups in total. The Morgan fingerprint density at radius 1 is 1.33 bits per heavy atom. The molecular weight excluding hydrogens is 252 g/mol. The molecule has 0 aliphatic carbocycles. The lowest BCUT2D eigenvalue weighted by Gasteiger charge is -2.27. The summed E-state index contributed by atoms with van der Waals surface area (Å²) >= 11 is 0. The van der Waals surface area contributed by atoms with E-state index in [2.05, 4.69) is 5.32 Å². The minimum atomic E-state index is -3.17.